The van der Waals surface area contributed by atoms with Crippen LogP contribution in [0.25, 0.3) is 0 Å². The summed E-state index contributed by atoms with van der Waals surface area (Å²) in [5.41, 5.74) is 2.21. The first-order valence-corrected chi connectivity index (χ1v) is 10.6. The van der Waals surface area contributed by atoms with Crippen LogP contribution in [0.15, 0.2) is 40.9 Å². The number of halogens is 2. The molecule has 0 saturated carbocycles. The Labute approximate surface area is 174 Å². The number of carbonyl (C=O) groups is 3. The van der Waals surface area contributed by atoms with E-state index in [4.69, 9.17) is 0 Å². The van der Waals surface area contributed by atoms with Gasteiger partial charge in [0.1, 0.15) is 5.82 Å². The van der Waals surface area contributed by atoms with Crippen molar-refractivity contribution in [3.8, 4) is 0 Å². The quantitative estimate of drug-likeness (QED) is 0.678. The molecule has 3 amide bonds. The molecule has 2 aromatic rings. The Kier molecular flexibility index (Phi) is 5.25. The Hall–Kier alpha value is -2.19. The van der Waals surface area contributed by atoms with Crippen molar-refractivity contribution in [2.75, 3.05) is 17.2 Å². The van der Waals surface area contributed by atoms with Gasteiger partial charge in [-0.15, -0.1) is 0 Å². The van der Waals surface area contributed by atoms with Crippen LogP contribution in [0.3, 0.4) is 0 Å². The molecule has 2 aromatic carbocycles. The summed E-state index contributed by atoms with van der Waals surface area (Å²) >= 11 is 4.28. The molecule has 0 N–H and O–H groups in total. The standard InChI is InChI=1S/C20H16BrFN2O3S/c21-15-8-13-5-2-6-23(18(13)16(22)9-15)19(26)14-4-1-3-12(7-14)10-24-17(25)11-28-20(24)27/h1,3-4,7-9H,2,5-6,10-11H2. The van der Waals surface area contributed by atoms with Gasteiger partial charge < -0.3 is 4.90 Å². The van der Waals surface area contributed by atoms with Crippen LogP contribution in [0.5, 0.6) is 0 Å². The molecule has 2 aliphatic heterocycles. The maximum Gasteiger partial charge on any atom is 0.289 e. The van der Waals surface area contributed by atoms with Crippen LogP contribution < -0.4 is 4.90 Å². The van der Waals surface area contributed by atoms with E-state index in [0.717, 1.165) is 23.7 Å². The Morgan fingerprint density at radius 2 is 2.04 bits per heavy atom. The van der Waals surface area contributed by atoms with Crippen molar-refractivity contribution in [1.29, 1.82) is 0 Å². The normalized spacial score (nSPS) is 16.5. The number of nitrogens with zero attached hydrogens (tertiary/aromatic N) is 2. The van der Waals surface area contributed by atoms with Crippen LogP contribution in [-0.2, 0) is 17.8 Å². The zero-order valence-electron chi connectivity index (χ0n) is 14.8. The summed E-state index contributed by atoms with van der Waals surface area (Å²) in [5.74, 6) is -0.808. The first kappa shape index (κ1) is 19.1. The van der Waals surface area contributed by atoms with Crippen molar-refractivity contribution in [2.45, 2.75) is 19.4 Å². The number of fused-ring (bicyclic) bond motifs is 1. The summed E-state index contributed by atoms with van der Waals surface area (Å²) in [4.78, 5) is 39.4. The van der Waals surface area contributed by atoms with Crippen molar-refractivity contribution >= 4 is 50.4 Å². The fourth-order valence-corrected chi connectivity index (χ4v) is 4.73. The average molecular weight is 463 g/mol. The molecule has 2 aliphatic rings. The van der Waals surface area contributed by atoms with Gasteiger partial charge in [0.2, 0.25) is 5.91 Å². The fraction of sp³-hybridized carbons (Fsp3) is 0.250. The molecule has 0 atom stereocenters. The number of benzene rings is 2. The largest absolute Gasteiger partial charge is 0.305 e. The highest BCUT2D eigenvalue weighted by Gasteiger charge is 2.30. The lowest BCUT2D eigenvalue weighted by Crippen LogP contribution is -2.36. The van der Waals surface area contributed by atoms with E-state index in [1.807, 2.05) is 6.07 Å². The minimum atomic E-state index is -0.432. The second kappa shape index (κ2) is 7.67. The summed E-state index contributed by atoms with van der Waals surface area (Å²) < 4.78 is 15.2. The molecule has 4 rings (SSSR count). The fourth-order valence-electron chi connectivity index (χ4n) is 3.53. The molecule has 2 heterocycles. The van der Waals surface area contributed by atoms with Crippen LogP contribution >= 0.6 is 27.7 Å². The third-order valence-corrected chi connectivity index (χ3v) is 6.12. The number of anilines is 1. The molecule has 1 fully saturated rings. The maximum absolute atomic E-state index is 14.6. The number of rotatable bonds is 3. The number of imide groups is 1. The SMILES string of the molecule is O=C1CSC(=O)N1Cc1cccc(C(=O)N2CCCc3cc(Br)cc(F)c32)c1. The van der Waals surface area contributed by atoms with Gasteiger partial charge in [0.05, 0.1) is 18.0 Å². The van der Waals surface area contributed by atoms with E-state index < -0.39 is 5.82 Å². The van der Waals surface area contributed by atoms with Gasteiger partial charge in [0.25, 0.3) is 11.1 Å². The van der Waals surface area contributed by atoms with Gasteiger partial charge in [-0.1, -0.05) is 39.8 Å². The molecule has 0 spiro atoms. The minimum absolute atomic E-state index is 0.129. The molecule has 8 heteroatoms. The molecule has 0 radical (unpaired) electrons. The number of thioether (sulfide) groups is 1. The predicted octanol–water partition coefficient (Wildman–Crippen LogP) is 4.38. The molecular weight excluding hydrogens is 447 g/mol. The van der Waals surface area contributed by atoms with Crippen molar-refractivity contribution in [2.24, 2.45) is 0 Å². The highest BCUT2D eigenvalue weighted by molar-refractivity contribution is 9.10. The highest BCUT2D eigenvalue weighted by atomic mass is 79.9. The summed E-state index contributed by atoms with van der Waals surface area (Å²) in [6.45, 7) is 0.567. The highest BCUT2D eigenvalue weighted by Crippen LogP contribution is 2.34. The summed E-state index contributed by atoms with van der Waals surface area (Å²) in [5, 5.41) is -0.278. The van der Waals surface area contributed by atoms with E-state index in [2.05, 4.69) is 15.9 Å². The Morgan fingerprint density at radius 3 is 2.79 bits per heavy atom. The smallest absolute Gasteiger partial charge is 0.289 e. The molecule has 0 aliphatic carbocycles. The number of aryl methyl sites for hydroxylation is 1. The Morgan fingerprint density at radius 1 is 1.21 bits per heavy atom. The number of hydrogen-bond donors (Lipinski definition) is 0. The Bertz CT molecular complexity index is 981. The van der Waals surface area contributed by atoms with Gasteiger partial charge in [-0.3, -0.25) is 19.3 Å². The average Bonchev–Trinajstić information content (AvgIpc) is 2.99. The van der Waals surface area contributed by atoms with Crippen LogP contribution in [0, 0.1) is 5.82 Å². The summed E-state index contributed by atoms with van der Waals surface area (Å²) in [6, 6.07) is 10.0. The second-order valence-corrected chi connectivity index (χ2v) is 8.53. The lowest BCUT2D eigenvalue weighted by molar-refractivity contribution is -0.125. The van der Waals surface area contributed by atoms with Gasteiger partial charge in [0, 0.05) is 16.6 Å². The van der Waals surface area contributed by atoms with Gasteiger partial charge in [-0.05, 0) is 48.2 Å². The molecule has 0 aromatic heterocycles. The molecule has 144 valence electrons. The zero-order chi connectivity index (χ0) is 19.8. The Balaban J connectivity index is 1.62. The third kappa shape index (κ3) is 3.58. The zero-order valence-corrected chi connectivity index (χ0v) is 17.2. The molecule has 1 saturated heterocycles. The lowest BCUT2D eigenvalue weighted by atomic mass is 10.00. The van der Waals surface area contributed by atoms with E-state index in [-0.39, 0.29) is 29.4 Å². The minimum Gasteiger partial charge on any atom is -0.305 e. The first-order valence-electron chi connectivity index (χ1n) is 8.80. The van der Waals surface area contributed by atoms with Gasteiger partial charge in [-0.2, -0.15) is 0 Å². The van der Waals surface area contributed by atoms with E-state index in [1.165, 1.54) is 15.9 Å². The molecular formula is C20H16BrFN2O3S. The van der Waals surface area contributed by atoms with E-state index >= 15 is 0 Å². The van der Waals surface area contributed by atoms with Crippen molar-refractivity contribution in [3.63, 3.8) is 0 Å². The van der Waals surface area contributed by atoms with Crippen LogP contribution in [0.2, 0.25) is 0 Å². The van der Waals surface area contributed by atoms with E-state index in [0.29, 0.717) is 34.3 Å². The van der Waals surface area contributed by atoms with Gasteiger partial charge >= 0.3 is 0 Å². The van der Waals surface area contributed by atoms with Gasteiger partial charge in [-0.25, -0.2) is 4.39 Å². The molecule has 28 heavy (non-hydrogen) atoms. The van der Waals surface area contributed by atoms with Crippen molar-refractivity contribution in [1.82, 2.24) is 4.90 Å². The van der Waals surface area contributed by atoms with Gasteiger partial charge in [0.15, 0.2) is 0 Å². The first-order chi connectivity index (χ1) is 13.4. The van der Waals surface area contributed by atoms with Crippen LogP contribution in [0.4, 0.5) is 14.9 Å². The monoisotopic (exact) mass is 462 g/mol. The lowest BCUT2D eigenvalue weighted by Gasteiger charge is -2.30. The topological polar surface area (TPSA) is 57.7 Å². The summed E-state index contributed by atoms with van der Waals surface area (Å²) in [7, 11) is 0. The predicted molar refractivity (Wildman–Crippen MR) is 109 cm³/mol. The van der Waals surface area contributed by atoms with E-state index in [9.17, 15) is 18.8 Å². The van der Waals surface area contributed by atoms with E-state index in [1.54, 1.807) is 24.3 Å². The number of amides is 3. The second-order valence-electron chi connectivity index (χ2n) is 6.69. The summed E-state index contributed by atoms with van der Waals surface area (Å²) in [6.07, 6.45) is 1.47. The third-order valence-electron chi connectivity index (χ3n) is 4.81. The number of hydrogen-bond acceptors (Lipinski definition) is 4. The van der Waals surface area contributed by atoms with Crippen LogP contribution in [0.1, 0.15) is 27.9 Å². The van der Waals surface area contributed by atoms with Crippen LogP contribution in [-0.4, -0.2) is 34.3 Å². The maximum atomic E-state index is 14.6. The molecule has 5 nitrogen and oxygen atoms in total. The molecule has 0 unspecified atom stereocenters. The molecule has 0 bridgehead atoms. The van der Waals surface area contributed by atoms with Crippen molar-refractivity contribution < 1.29 is 18.8 Å². The number of carbonyl (C=O) groups excluding carboxylic acids is 3. The van der Waals surface area contributed by atoms with Crippen molar-refractivity contribution in [3.05, 3.63) is 63.4 Å².